The predicted octanol–water partition coefficient (Wildman–Crippen LogP) is 3.63. The SMILES string of the molecule is CCOC(=O)C1=C(C)n2c(s/c(=C\c3cc(Cl)cc(Cl)c3O)c2=O)=N[C@H]1c1ccc(O)c(OC)c1. The lowest BCUT2D eigenvalue weighted by Crippen LogP contribution is -2.35. The summed E-state index contributed by atoms with van der Waals surface area (Å²) in [4.78, 5) is 31.3. The molecule has 0 radical (unpaired) electrons. The molecule has 1 aliphatic rings. The number of hydrogen-bond donors (Lipinski definition) is 2. The Balaban J connectivity index is 1.98. The summed E-state index contributed by atoms with van der Waals surface area (Å²) >= 11 is 13.2. The van der Waals surface area contributed by atoms with Gasteiger partial charge in [-0.1, -0.05) is 40.6 Å². The second-order valence-electron chi connectivity index (χ2n) is 7.54. The van der Waals surface area contributed by atoms with Crippen molar-refractivity contribution in [3.63, 3.8) is 0 Å². The maximum atomic E-state index is 13.3. The van der Waals surface area contributed by atoms with Crippen LogP contribution in [0, 0.1) is 0 Å². The molecule has 0 saturated heterocycles. The van der Waals surface area contributed by atoms with Gasteiger partial charge >= 0.3 is 5.97 Å². The molecule has 1 aliphatic heterocycles. The number of carbonyl (C=O) groups is 1. The molecule has 0 aliphatic carbocycles. The van der Waals surface area contributed by atoms with Crippen molar-refractivity contribution in [3.8, 4) is 17.2 Å². The van der Waals surface area contributed by atoms with Crippen LogP contribution in [0.2, 0.25) is 10.0 Å². The zero-order chi connectivity index (χ0) is 25.4. The van der Waals surface area contributed by atoms with Crippen LogP contribution < -0.4 is 19.6 Å². The third kappa shape index (κ3) is 4.54. The molecule has 0 unspecified atom stereocenters. The molecule has 8 nitrogen and oxygen atoms in total. The van der Waals surface area contributed by atoms with Crippen molar-refractivity contribution in [2.75, 3.05) is 13.7 Å². The first-order valence-electron chi connectivity index (χ1n) is 10.4. The highest BCUT2D eigenvalue weighted by molar-refractivity contribution is 7.07. The number of methoxy groups -OCH3 is 1. The normalized spacial score (nSPS) is 15.6. The molecule has 11 heteroatoms. The molecule has 0 bridgehead atoms. The summed E-state index contributed by atoms with van der Waals surface area (Å²) < 4.78 is 12.1. The van der Waals surface area contributed by atoms with Gasteiger partial charge in [0.05, 0.1) is 28.8 Å². The van der Waals surface area contributed by atoms with E-state index in [1.54, 1.807) is 26.0 Å². The Bertz CT molecular complexity index is 1560. The fourth-order valence-electron chi connectivity index (χ4n) is 3.76. The average Bonchev–Trinajstić information content (AvgIpc) is 3.12. The van der Waals surface area contributed by atoms with Gasteiger partial charge in [0.2, 0.25) is 0 Å². The van der Waals surface area contributed by atoms with Crippen LogP contribution in [0.5, 0.6) is 17.2 Å². The van der Waals surface area contributed by atoms with E-state index < -0.39 is 17.6 Å². The fraction of sp³-hybridized carbons (Fsp3) is 0.208. The highest BCUT2D eigenvalue weighted by atomic mass is 35.5. The Kier molecular flexibility index (Phi) is 6.93. The van der Waals surface area contributed by atoms with Gasteiger partial charge < -0.3 is 19.7 Å². The summed E-state index contributed by atoms with van der Waals surface area (Å²) in [5.74, 6) is -0.665. The van der Waals surface area contributed by atoms with Crippen molar-refractivity contribution < 1.29 is 24.5 Å². The minimum atomic E-state index is -0.802. The van der Waals surface area contributed by atoms with Gasteiger partial charge in [0.15, 0.2) is 16.3 Å². The standard InChI is InChI=1S/C24H20Cl2N2O6S/c1-4-34-23(32)19-11(2)28-22(31)18(9-13-7-14(25)10-15(26)21(13)30)35-24(28)27-20(19)12-5-6-16(29)17(8-12)33-3/h5-10,20,29-30H,4H2,1-3H3/b18-9-/t20-/m0/s1. The van der Waals surface area contributed by atoms with E-state index in [2.05, 4.69) is 4.99 Å². The molecule has 0 spiro atoms. The van der Waals surface area contributed by atoms with Crippen molar-refractivity contribution in [3.05, 3.63) is 76.8 Å². The quantitative estimate of drug-likeness (QED) is 0.483. The number of esters is 1. The maximum Gasteiger partial charge on any atom is 0.338 e. The summed E-state index contributed by atoms with van der Waals surface area (Å²) in [6, 6.07) is 6.73. The molecule has 0 saturated carbocycles. The molecule has 182 valence electrons. The van der Waals surface area contributed by atoms with E-state index in [1.165, 1.54) is 36.0 Å². The van der Waals surface area contributed by atoms with E-state index in [9.17, 15) is 19.8 Å². The first-order chi connectivity index (χ1) is 16.7. The molecule has 2 heterocycles. The van der Waals surface area contributed by atoms with Crippen LogP contribution >= 0.6 is 34.5 Å². The molecule has 1 aromatic heterocycles. The molecule has 3 aromatic rings. The van der Waals surface area contributed by atoms with Crippen LogP contribution in [0.15, 0.2) is 45.7 Å². The smallest absolute Gasteiger partial charge is 0.338 e. The Hall–Kier alpha value is -3.27. The number of ether oxygens (including phenoxy) is 2. The third-order valence-corrected chi connectivity index (χ3v) is 6.89. The summed E-state index contributed by atoms with van der Waals surface area (Å²) in [6.07, 6.45) is 1.47. The van der Waals surface area contributed by atoms with Crippen molar-refractivity contribution in [2.45, 2.75) is 19.9 Å². The number of phenolic OH excluding ortho intramolecular Hbond substituents is 2. The summed E-state index contributed by atoms with van der Waals surface area (Å²) in [5, 5.41) is 20.7. The van der Waals surface area contributed by atoms with Gasteiger partial charge in [-0.2, -0.15) is 0 Å². The van der Waals surface area contributed by atoms with Gasteiger partial charge in [0.1, 0.15) is 11.8 Å². The largest absolute Gasteiger partial charge is 0.506 e. The molecule has 35 heavy (non-hydrogen) atoms. The number of fused-ring (bicyclic) bond motifs is 1. The number of aromatic nitrogens is 1. The van der Waals surface area contributed by atoms with Gasteiger partial charge in [0, 0.05) is 16.3 Å². The van der Waals surface area contributed by atoms with Crippen molar-refractivity contribution in [2.24, 2.45) is 4.99 Å². The minimum Gasteiger partial charge on any atom is -0.506 e. The van der Waals surface area contributed by atoms with Crippen LogP contribution in [0.25, 0.3) is 11.8 Å². The molecule has 0 amide bonds. The first-order valence-corrected chi connectivity index (χ1v) is 12.0. The molecule has 1 atom stereocenters. The monoisotopic (exact) mass is 534 g/mol. The van der Waals surface area contributed by atoms with Crippen molar-refractivity contribution in [1.82, 2.24) is 4.57 Å². The van der Waals surface area contributed by atoms with Gasteiger partial charge in [-0.15, -0.1) is 0 Å². The maximum absolute atomic E-state index is 13.3. The molecular formula is C24H20Cl2N2O6S. The van der Waals surface area contributed by atoms with Crippen LogP contribution in [0.4, 0.5) is 0 Å². The highest BCUT2D eigenvalue weighted by Gasteiger charge is 2.32. The number of nitrogens with zero attached hydrogens (tertiary/aromatic N) is 2. The van der Waals surface area contributed by atoms with Crippen LogP contribution in [0.3, 0.4) is 0 Å². The van der Waals surface area contributed by atoms with Crippen molar-refractivity contribution >= 4 is 52.3 Å². The molecule has 4 rings (SSSR count). The average molecular weight is 535 g/mol. The Morgan fingerprint density at radius 1 is 1.26 bits per heavy atom. The van der Waals surface area contributed by atoms with Gasteiger partial charge in [-0.25, -0.2) is 9.79 Å². The van der Waals surface area contributed by atoms with Gasteiger partial charge in [0.25, 0.3) is 5.56 Å². The number of benzene rings is 2. The van der Waals surface area contributed by atoms with Gasteiger partial charge in [-0.05, 0) is 49.8 Å². The topological polar surface area (TPSA) is 110 Å². The summed E-state index contributed by atoms with van der Waals surface area (Å²) in [5.41, 5.74) is 0.960. The minimum absolute atomic E-state index is 0.0527. The lowest BCUT2D eigenvalue weighted by Gasteiger charge is -2.22. The lowest BCUT2D eigenvalue weighted by atomic mass is 9.96. The zero-order valence-electron chi connectivity index (χ0n) is 18.8. The highest BCUT2D eigenvalue weighted by Crippen LogP contribution is 2.36. The number of aromatic hydroxyl groups is 2. The Labute approximate surface area is 213 Å². The second-order valence-corrected chi connectivity index (χ2v) is 9.39. The van der Waals surface area contributed by atoms with Gasteiger partial charge in [-0.3, -0.25) is 9.36 Å². The van der Waals surface area contributed by atoms with E-state index in [-0.39, 0.29) is 44.5 Å². The number of carbonyl (C=O) groups excluding carboxylic acids is 1. The number of allylic oxidation sites excluding steroid dienone is 1. The second kappa shape index (κ2) is 9.77. The molecular weight excluding hydrogens is 515 g/mol. The lowest BCUT2D eigenvalue weighted by molar-refractivity contribution is -0.138. The Morgan fingerprint density at radius 3 is 2.69 bits per heavy atom. The number of halogens is 2. The fourth-order valence-corrected chi connectivity index (χ4v) is 5.30. The Morgan fingerprint density at radius 2 is 2.00 bits per heavy atom. The van der Waals surface area contributed by atoms with E-state index in [0.29, 0.717) is 21.1 Å². The number of thiazole rings is 1. The predicted molar refractivity (Wildman–Crippen MR) is 134 cm³/mol. The van der Waals surface area contributed by atoms with Crippen molar-refractivity contribution in [1.29, 1.82) is 0 Å². The first kappa shape index (κ1) is 24.8. The van der Waals surface area contributed by atoms with E-state index in [0.717, 1.165) is 11.3 Å². The summed E-state index contributed by atoms with van der Waals surface area (Å²) in [6.45, 7) is 3.46. The number of phenols is 2. The molecule has 2 N–H and O–H groups in total. The summed E-state index contributed by atoms with van der Waals surface area (Å²) in [7, 11) is 1.42. The van der Waals surface area contributed by atoms with Crippen LogP contribution in [0.1, 0.15) is 31.0 Å². The molecule has 0 fully saturated rings. The van der Waals surface area contributed by atoms with Crippen LogP contribution in [-0.2, 0) is 9.53 Å². The number of rotatable bonds is 5. The third-order valence-electron chi connectivity index (χ3n) is 5.40. The van der Waals surface area contributed by atoms with Crippen LogP contribution in [-0.4, -0.2) is 34.5 Å². The zero-order valence-corrected chi connectivity index (χ0v) is 21.2. The van der Waals surface area contributed by atoms with E-state index in [1.807, 2.05) is 0 Å². The molecule has 2 aromatic carbocycles. The number of hydrogen-bond acceptors (Lipinski definition) is 8. The van der Waals surface area contributed by atoms with E-state index in [4.69, 9.17) is 32.7 Å². The van der Waals surface area contributed by atoms with E-state index >= 15 is 0 Å².